The highest BCUT2D eigenvalue weighted by Crippen LogP contribution is 2.38. The Kier molecular flexibility index (Phi) is 2.05. The van der Waals surface area contributed by atoms with E-state index in [2.05, 4.69) is 22.8 Å². The van der Waals surface area contributed by atoms with Gasteiger partial charge in [-0.2, -0.15) is 0 Å². The third kappa shape index (κ3) is 1.33. The topological polar surface area (TPSA) is 24.1 Å². The molecular formula is C9H14N2S. The molecule has 2 bridgehead atoms. The van der Waals surface area contributed by atoms with Gasteiger partial charge >= 0.3 is 0 Å². The second kappa shape index (κ2) is 3.05. The summed E-state index contributed by atoms with van der Waals surface area (Å²) in [7, 11) is 1.86. The first-order valence-electron chi connectivity index (χ1n) is 4.46. The van der Waals surface area contributed by atoms with Crippen molar-refractivity contribution in [1.29, 1.82) is 0 Å². The lowest BCUT2D eigenvalue weighted by Gasteiger charge is -2.20. The molecule has 0 spiro atoms. The number of allylic oxidation sites excluding steroid dienone is 1. The van der Waals surface area contributed by atoms with Gasteiger partial charge in [-0.1, -0.05) is 12.2 Å². The molecule has 0 aromatic carbocycles. The largest absolute Gasteiger partial charge is 0.366 e. The van der Waals surface area contributed by atoms with Gasteiger partial charge in [0, 0.05) is 13.1 Å². The third-order valence-corrected chi connectivity index (χ3v) is 3.14. The van der Waals surface area contributed by atoms with Gasteiger partial charge in [0.25, 0.3) is 0 Å². The van der Waals surface area contributed by atoms with Crippen molar-refractivity contribution in [3.05, 3.63) is 12.2 Å². The average molecular weight is 182 g/mol. The fourth-order valence-corrected chi connectivity index (χ4v) is 2.34. The molecular weight excluding hydrogens is 168 g/mol. The monoisotopic (exact) mass is 182 g/mol. The van der Waals surface area contributed by atoms with E-state index in [9.17, 15) is 0 Å². The van der Waals surface area contributed by atoms with Crippen molar-refractivity contribution in [3.8, 4) is 0 Å². The van der Waals surface area contributed by atoms with Crippen LogP contribution < -0.4 is 10.6 Å². The van der Waals surface area contributed by atoms with Crippen molar-refractivity contribution in [2.75, 3.05) is 7.05 Å². The van der Waals surface area contributed by atoms with Crippen LogP contribution >= 0.6 is 12.2 Å². The predicted molar refractivity (Wildman–Crippen MR) is 53.9 cm³/mol. The summed E-state index contributed by atoms with van der Waals surface area (Å²) in [6.07, 6.45) is 7.24. The highest BCUT2D eigenvalue weighted by Gasteiger charge is 2.35. The van der Waals surface area contributed by atoms with Gasteiger partial charge < -0.3 is 10.6 Å². The van der Waals surface area contributed by atoms with Gasteiger partial charge in [0.1, 0.15) is 0 Å². The summed E-state index contributed by atoms with van der Waals surface area (Å²) in [5, 5.41) is 7.06. The maximum Gasteiger partial charge on any atom is 0.166 e. The zero-order valence-corrected chi connectivity index (χ0v) is 8.03. The Morgan fingerprint density at radius 1 is 1.42 bits per heavy atom. The molecule has 2 aliphatic rings. The van der Waals surface area contributed by atoms with Crippen LogP contribution in [0.1, 0.15) is 12.8 Å². The summed E-state index contributed by atoms with van der Waals surface area (Å²) < 4.78 is 0. The van der Waals surface area contributed by atoms with E-state index in [1.165, 1.54) is 12.8 Å². The highest BCUT2D eigenvalue weighted by atomic mass is 32.1. The molecule has 0 aromatic heterocycles. The molecule has 2 N–H and O–H groups in total. The summed E-state index contributed by atoms with van der Waals surface area (Å²) in [6.45, 7) is 0. The fourth-order valence-electron chi connectivity index (χ4n) is 2.19. The number of hydrogen-bond donors (Lipinski definition) is 2. The molecule has 0 aromatic rings. The second-order valence-electron chi connectivity index (χ2n) is 3.61. The van der Waals surface area contributed by atoms with Gasteiger partial charge in [-0.15, -0.1) is 0 Å². The van der Waals surface area contributed by atoms with E-state index < -0.39 is 0 Å². The Balaban J connectivity index is 1.91. The van der Waals surface area contributed by atoms with Crippen LogP contribution in [0.3, 0.4) is 0 Å². The van der Waals surface area contributed by atoms with E-state index in [0.717, 1.165) is 16.9 Å². The van der Waals surface area contributed by atoms with Crippen molar-refractivity contribution in [2.24, 2.45) is 11.8 Å². The van der Waals surface area contributed by atoms with Crippen LogP contribution in [0.2, 0.25) is 0 Å². The molecule has 3 heteroatoms. The minimum Gasteiger partial charge on any atom is -0.366 e. The van der Waals surface area contributed by atoms with Crippen LogP contribution in [0.5, 0.6) is 0 Å². The van der Waals surface area contributed by atoms with E-state index in [0.29, 0.717) is 6.04 Å². The lowest BCUT2D eigenvalue weighted by atomic mass is 10.0. The molecule has 1 fully saturated rings. The van der Waals surface area contributed by atoms with Crippen molar-refractivity contribution in [2.45, 2.75) is 18.9 Å². The maximum absolute atomic E-state index is 5.06. The standard InChI is InChI=1S/C9H14N2S/c1-10-9(12)11-8-5-6-2-3-7(8)4-6/h2-3,6-8H,4-5H2,1H3,(H2,10,11,12). The molecule has 0 radical (unpaired) electrons. The van der Waals surface area contributed by atoms with Gasteiger partial charge in [-0.3, -0.25) is 0 Å². The Morgan fingerprint density at radius 2 is 2.25 bits per heavy atom. The van der Waals surface area contributed by atoms with Gasteiger partial charge in [-0.25, -0.2) is 0 Å². The third-order valence-electron chi connectivity index (χ3n) is 2.82. The van der Waals surface area contributed by atoms with Crippen molar-refractivity contribution < 1.29 is 0 Å². The molecule has 66 valence electrons. The van der Waals surface area contributed by atoms with Crippen LogP contribution in [0.15, 0.2) is 12.2 Å². The molecule has 2 nitrogen and oxygen atoms in total. The van der Waals surface area contributed by atoms with Crippen molar-refractivity contribution in [3.63, 3.8) is 0 Å². The van der Waals surface area contributed by atoms with Gasteiger partial charge in [-0.05, 0) is 36.9 Å². The first-order chi connectivity index (χ1) is 5.79. The lowest BCUT2D eigenvalue weighted by molar-refractivity contribution is 0.522. The Labute approximate surface area is 78.4 Å². The molecule has 0 saturated heterocycles. The van der Waals surface area contributed by atoms with Gasteiger partial charge in [0.15, 0.2) is 5.11 Å². The van der Waals surface area contributed by atoms with Crippen LogP contribution in [0.25, 0.3) is 0 Å². The van der Waals surface area contributed by atoms with Crippen LogP contribution in [-0.4, -0.2) is 18.2 Å². The Hall–Kier alpha value is -0.570. The van der Waals surface area contributed by atoms with E-state index in [1.807, 2.05) is 7.05 Å². The average Bonchev–Trinajstić information content (AvgIpc) is 2.64. The predicted octanol–water partition coefficient (Wildman–Crippen LogP) is 1.04. The Bertz CT molecular complexity index is 225. The summed E-state index contributed by atoms with van der Waals surface area (Å²) in [5.74, 6) is 1.54. The van der Waals surface area contributed by atoms with Crippen molar-refractivity contribution in [1.82, 2.24) is 10.6 Å². The highest BCUT2D eigenvalue weighted by molar-refractivity contribution is 7.80. The SMILES string of the molecule is CNC(=S)NC1CC2C=CC1C2. The number of fused-ring (bicyclic) bond motifs is 2. The first-order valence-corrected chi connectivity index (χ1v) is 4.87. The van der Waals surface area contributed by atoms with E-state index in [4.69, 9.17) is 12.2 Å². The maximum atomic E-state index is 5.06. The fraction of sp³-hybridized carbons (Fsp3) is 0.667. The summed E-state index contributed by atoms with van der Waals surface area (Å²) in [5.41, 5.74) is 0. The van der Waals surface area contributed by atoms with E-state index in [1.54, 1.807) is 0 Å². The molecule has 1 saturated carbocycles. The molecule has 12 heavy (non-hydrogen) atoms. The first kappa shape index (κ1) is 8.05. The molecule has 0 heterocycles. The summed E-state index contributed by atoms with van der Waals surface area (Å²) >= 11 is 5.06. The molecule has 2 aliphatic carbocycles. The zero-order valence-electron chi connectivity index (χ0n) is 7.21. The Morgan fingerprint density at radius 3 is 2.75 bits per heavy atom. The van der Waals surface area contributed by atoms with Gasteiger partial charge in [0.05, 0.1) is 0 Å². The van der Waals surface area contributed by atoms with Crippen LogP contribution in [-0.2, 0) is 0 Å². The minimum absolute atomic E-state index is 0.583. The molecule has 0 amide bonds. The van der Waals surface area contributed by atoms with E-state index in [-0.39, 0.29) is 0 Å². The molecule has 2 rings (SSSR count). The second-order valence-corrected chi connectivity index (χ2v) is 4.02. The number of hydrogen-bond acceptors (Lipinski definition) is 1. The number of nitrogens with one attached hydrogen (secondary N) is 2. The lowest BCUT2D eigenvalue weighted by Crippen LogP contribution is -2.42. The van der Waals surface area contributed by atoms with Crippen LogP contribution in [0.4, 0.5) is 0 Å². The smallest absolute Gasteiger partial charge is 0.166 e. The van der Waals surface area contributed by atoms with Crippen LogP contribution in [0, 0.1) is 11.8 Å². The van der Waals surface area contributed by atoms with E-state index >= 15 is 0 Å². The minimum atomic E-state index is 0.583. The number of thiocarbonyl (C=S) groups is 1. The number of rotatable bonds is 1. The normalized spacial score (nSPS) is 36.9. The summed E-state index contributed by atoms with van der Waals surface area (Å²) in [6, 6.07) is 0.583. The molecule has 3 atom stereocenters. The zero-order chi connectivity index (χ0) is 8.55. The molecule has 3 unspecified atom stereocenters. The quantitative estimate of drug-likeness (QED) is 0.468. The van der Waals surface area contributed by atoms with Crippen molar-refractivity contribution >= 4 is 17.3 Å². The molecule has 0 aliphatic heterocycles. The van der Waals surface area contributed by atoms with Gasteiger partial charge in [0.2, 0.25) is 0 Å². The summed E-state index contributed by atoms with van der Waals surface area (Å²) in [4.78, 5) is 0.